The van der Waals surface area contributed by atoms with Crippen LogP contribution in [0.5, 0.6) is 5.75 Å². The van der Waals surface area contributed by atoms with Crippen molar-refractivity contribution in [3.8, 4) is 17.6 Å². The maximum Gasteiger partial charge on any atom is 0.210 e. The van der Waals surface area contributed by atoms with Crippen molar-refractivity contribution < 1.29 is 14.4 Å². The van der Waals surface area contributed by atoms with E-state index in [0.717, 1.165) is 17.9 Å². The quantitative estimate of drug-likeness (QED) is 0.688. The minimum Gasteiger partial charge on any atom is -0.490 e. The fourth-order valence-corrected chi connectivity index (χ4v) is 2.25. The fraction of sp³-hybridized carbons (Fsp3) is 0.278. The third-order valence-corrected chi connectivity index (χ3v) is 3.42. The highest BCUT2D eigenvalue weighted by Gasteiger charge is 2.06. The average molecular weight is 338 g/mol. The van der Waals surface area contributed by atoms with Crippen LogP contribution < -0.4 is 4.74 Å². The molecule has 7 nitrogen and oxygen atoms in total. The molecule has 0 amide bonds. The Kier molecular flexibility index (Phi) is 5.44. The van der Waals surface area contributed by atoms with Crippen LogP contribution in [0.25, 0.3) is 0 Å². The average Bonchev–Trinajstić information content (AvgIpc) is 3.28. The van der Waals surface area contributed by atoms with E-state index < -0.39 is 0 Å². The molecule has 128 valence electrons. The first kappa shape index (κ1) is 16.7. The molecule has 0 aliphatic carbocycles. The van der Waals surface area contributed by atoms with Crippen LogP contribution >= 0.6 is 0 Å². The van der Waals surface area contributed by atoms with Crippen LogP contribution in [0, 0.1) is 11.8 Å². The van der Waals surface area contributed by atoms with Gasteiger partial charge in [0.15, 0.2) is 0 Å². The molecule has 0 radical (unpaired) electrons. The zero-order valence-electron chi connectivity index (χ0n) is 13.8. The first-order chi connectivity index (χ1) is 12.3. The van der Waals surface area contributed by atoms with Gasteiger partial charge in [0.1, 0.15) is 29.6 Å². The Balaban J connectivity index is 1.64. The first-order valence-corrected chi connectivity index (χ1v) is 7.96. The summed E-state index contributed by atoms with van der Waals surface area (Å²) < 4.78 is 12.5. The van der Waals surface area contributed by atoms with Gasteiger partial charge in [-0.1, -0.05) is 12.1 Å². The van der Waals surface area contributed by atoms with E-state index in [2.05, 4.69) is 33.9 Å². The summed E-state index contributed by atoms with van der Waals surface area (Å²) in [5.41, 5.74) is 1.38. The zero-order chi connectivity index (χ0) is 17.5. The Morgan fingerprint density at radius 2 is 2.20 bits per heavy atom. The van der Waals surface area contributed by atoms with Gasteiger partial charge in [-0.05, 0) is 24.0 Å². The highest BCUT2D eigenvalue weighted by Crippen LogP contribution is 2.09. The van der Waals surface area contributed by atoms with Gasteiger partial charge in [0, 0.05) is 24.9 Å². The van der Waals surface area contributed by atoms with Crippen LogP contribution in [0.2, 0.25) is 0 Å². The Hall–Kier alpha value is -3.11. The van der Waals surface area contributed by atoms with Crippen LogP contribution in [0.4, 0.5) is 0 Å². The number of aliphatic hydroxyl groups excluding tert-OH is 1. The Labute approximate surface area is 145 Å². The fourth-order valence-electron chi connectivity index (χ4n) is 2.25. The van der Waals surface area contributed by atoms with E-state index >= 15 is 0 Å². The molecule has 0 atom stereocenters. The number of pyridine rings is 1. The van der Waals surface area contributed by atoms with Crippen molar-refractivity contribution in [2.75, 3.05) is 13.2 Å². The van der Waals surface area contributed by atoms with Gasteiger partial charge in [-0.3, -0.25) is 0 Å². The van der Waals surface area contributed by atoms with Crippen molar-refractivity contribution in [3.05, 3.63) is 59.8 Å². The lowest BCUT2D eigenvalue weighted by Crippen LogP contribution is -2.03. The minimum atomic E-state index is -0.0335. The second kappa shape index (κ2) is 8.13. The number of hydrogen-bond acceptors (Lipinski definition) is 6. The molecule has 0 spiro atoms. The van der Waals surface area contributed by atoms with Crippen molar-refractivity contribution in [1.82, 2.24) is 19.7 Å². The molecule has 0 fully saturated rings. The van der Waals surface area contributed by atoms with Crippen molar-refractivity contribution in [3.63, 3.8) is 0 Å². The van der Waals surface area contributed by atoms with Gasteiger partial charge in [-0.15, -0.1) is 0 Å². The second-order valence-electron chi connectivity index (χ2n) is 5.21. The van der Waals surface area contributed by atoms with E-state index in [-0.39, 0.29) is 13.2 Å². The topological polar surface area (TPSA) is 86.2 Å². The van der Waals surface area contributed by atoms with Gasteiger partial charge in [-0.2, -0.15) is 0 Å². The molecular formula is C18H18N4O3. The summed E-state index contributed by atoms with van der Waals surface area (Å²) in [7, 11) is 0. The third-order valence-electron chi connectivity index (χ3n) is 3.42. The third kappa shape index (κ3) is 4.46. The largest absolute Gasteiger partial charge is 0.490 e. The van der Waals surface area contributed by atoms with Crippen molar-refractivity contribution in [1.29, 1.82) is 0 Å². The van der Waals surface area contributed by atoms with Crippen LogP contribution in [0.15, 0.2) is 41.3 Å². The highest BCUT2D eigenvalue weighted by atomic mass is 16.5. The molecule has 0 saturated heterocycles. The number of ether oxygens (including phenoxy) is 1. The summed E-state index contributed by atoms with van der Waals surface area (Å²) in [5.74, 6) is 7.90. The Morgan fingerprint density at radius 1 is 1.28 bits per heavy atom. The Morgan fingerprint density at radius 3 is 2.96 bits per heavy atom. The van der Waals surface area contributed by atoms with Crippen molar-refractivity contribution in [2.24, 2.45) is 0 Å². The summed E-state index contributed by atoms with van der Waals surface area (Å²) in [6.07, 6.45) is 6.13. The maximum absolute atomic E-state index is 8.72. The lowest BCUT2D eigenvalue weighted by atomic mass is 10.3. The number of aliphatic hydroxyl groups is 1. The van der Waals surface area contributed by atoms with Crippen LogP contribution in [0.3, 0.4) is 0 Å². The van der Waals surface area contributed by atoms with Crippen LogP contribution in [-0.4, -0.2) is 38.0 Å². The molecule has 0 bridgehead atoms. The molecular weight excluding hydrogens is 320 g/mol. The van der Waals surface area contributed by atoms with Crippen molar-refractivity contribution >= 4 is 0 Å². The first-order valence-electron chi connectivity index (χ1n) is 7.96. The van der Waals surface area contributed by atoms with Gasteiger partial charge < -0.3 is 18.9 Å². The lowest BCUT2D eigenvalue weighted by Gasteiger charge is -2.02. The maximum atomic E-state index is 8.72. The smallest absolute Gasteiger partial charge is 0.210 e. The molecule has 0 aliphatic heterocycles. The molecule has 25 heavy (non-hydrogen) atoms. The predicted octanol–water partition coefficient (Wildman–Crippen LogP) is 1.65. The highest BCUT2D eigenvalue weighted by molar-refractivity contribution is 5.36. The number of rotatable bonds is 6. The van der Waals surface area contributed by atoms with E-state index in [9.17, 15) is 0 Å². The summed E-state index contributed by atoms with van der Waals surface area (Å²) in [5, 5.41) is 12.8. The SMILES string of the molecule is CCc1nccn1Cc1cc(C#Cc2ccc(OCCO)cn2)on1. The molecule has 7 heteroatoms. The normalized spacial score (nSPS) is 10.3. The van der Waals surface area contributed by atoms with E-state index in [0.29, 0.717) is 23.7 Å². The zero-order valence-corrected chi connectivity index (χ0v) is 13.8. The van der Waals surface area contributed by atoms with Gasteiger partial charge in [0.25, 0.3) is 0 Å². The van der Waals surface area contributed by atoms with E-state index in [1.165, 1.54) is 0 Å². The molecule has 3 aromatic rings. The van der Waals surface area contributed by atoms with Gasteiger partial charge in [-0.25, -0.2) is 9.97 Å². The van der Waals surface area contributed by atoms with Crippen LogP contribution in [0.1, 0.15) is 29.9 Å². The number of nitrogens with zero attached hydrogens (tertiary/aromatic N) is 4. The molecule has 1 N–H and O–H groups in total. The standard InChI is InChI=1S/C18H18N4O3/c1-2-18-19-7-8-22(18)13-15-11-16(25-21-15)5-3-14-4-6-17(12-20-14)24-10-9-23/h4,6-8,11-12,23H,2,9-10,13H2,1H3. The van der Waals surface area contributed by atoms with E-state index in [4.69, 9.17) is 14.4 Å². The number of aryl methyl sites for hydroxylation is 1. The molecule has 3 aromatic heterocycles. The molecule has 0 aromatic carbocycles. The minimum absolute atomic E-state index is 0.0335. The molecule has 0 aliphatic rings. The molecule has 3 heterocycles. The molecule has 3 rings (SSSR count). The lowest BCUT2D eigenvalue weighted by molar-refractivity contribution is 0.201. The number of hydrogen-bond donors (Lipinski definition) is 1. The van der Waals surface area contributed by atoms with Gasteiger partial charge in [0.05, 0.1) is 19.3 Å². The van der Waals surface area contributed by atoms with Gasteiger partial charge in [0.2, 0.25) is 5.76 Å². The predicted molar refractivity (Wildman–Crippen MR) is 90.0 cm³/mol. The van der Waals surface area contributed by atoms with Gasteiger partial charge >= 0.3 is 0 Å². The Bertz CT molecular complexity index is 872. The number of imidazole rings is 1. The second-order valence-corrected chi connectivity index (χ2v) is 5.21. The summed E-state index contributed by atoms with van der Waals surface area (Å²) >= 11 is 0. The van der Waals surface area contributed by atoms with Crippen LogP contribution in [-0.2, 0) is 13.0 Å². The van der Waals surface area contributed by atoms with E-state index in [1.807, 2.05) is 16.8 Å². The summed E-state index contributed by atoms with van der Waals surface area (Å²) in [4.78, 5) is 8.47. The van der Waals surface area contributed by atoms with Crippen molar-refractivity contribution in [2.45, 2.75) is 19.9 Å². The summed E-state index contributed by atoms with van der Waals surface area (Å²) in [6, 6.07) is 5.31. The summed E-state index contributed by atoms with van der Waals surface area (Å²) in [6.45, 7) is 2.87. The molecule has 0 saturated carbocycles. The van der Waals surface area contributed by atoms with E-state index in [1.54, 1.807) is 24.5 Å². The monoisotopic (exact) mass is 338 g/mol. The number of aromatic nitrogens is 4. The molecule has 0 unspecified atom stereocenters.